The summed E-state index contributed by atoms with van der Waals surface area (Å²) in [6.45, 7) is 8.15. The largest absolute Gasteiger partial charge is 0.469 e. The van der Waals surface area contributed by atoms with Gasteiger partial charge in [0.2, 0.25) is 0 Å². The van der Waals surface area contributed by atoms with Gasteiger partial charge in [0.1, 0.15) is 30.2 Å². The molecule has 252 valence electrons. The van der Waals surface area contributed by atoms with E-state index in [2.05, 4.69) is 6.92 Å². The molecule has 3 saturated carbocycles. The van der Waals surface area contributed by atoms with Crippen LogP contribution in [-0.2, 0) is 39.8 Å². The summed E-state index contributed by atoms with van der Waals surface area (Å²) in [5.41, 5.74) is -3.97. The highest BCUT2D eigenvalue weighted by atomic mass is 16.7. The topological polar surface area (TPSA) is 145 Å². The van der Waals surface area contributed by atoms with Crippen LogP contribution in [0, 0.1) is 39.9 Å². The third kappa shape index (κ3) is 3.60. The summed E-state index contributed by atoms with van der Waals surface area (Å²) in [6.07, 6.45) is 6.77. The van der Waals surface area contributed by atoms with E-state index in [4.69, 9.17) is 28.5 Å². The number of ether oxygens (including phenoxy) is 4. The minimum absolute atomic E-state index is 0.00352. The Balaban J connectivity index is 1.20. The Morgan fingerprint density at radius 2 is 1.65 bits per heavy atom. The maximum atomic E-state index is 14.6. The van der Waals surface area contributed by atoms with Crippen molar-refractivity contribution < 1.29 is 48.0 Å². The number of aliphatic hydroxyl groups is 2. The van der Waals surface area contributed by atoms with E-state index in [0.29, 0.717) is 25.7 Å². The van der Waals surface area contributed by atoms with Crippen molar-refractivity contribution in [3.63, 3.8) is 0 Å². The highest BCUT2D eigenvalue weighted by Gasteiger charge is 2.92. The molecule has 1 aromatic rings. The zero-order valence-electron chi connectivity index (χ0n) is 27.4. The standard InChI is InChI=1S/C36H48O10/c1-32(2)25-23(38)26(39)34(4)24-19(12-13-21-28(45-32)35(24,25)18-43-30(21)40)17-33(3)27(44-31(41)29-36(33,34)46-29)20-14-16-42-22(20)11-9-7-5-6-8-10-15-37/h14,16,19,21,24-29,37,39H,5-13,15,17-18H2,1-4H3/t19-,21+,24-,25+,26+,27-,28+,29+,33-,34-,35-,36-/m0/s1. The number of hydrogen-bond acceptors (Lipinski definition) is 10. The monoisotopic (exact) mass is 640 g/mol. The van der Waals surface area contributed by atoms with Crippen LogP contribution in [0.5, 0.6) is 0 Å². The number of ketones is 1. The van der Waals surface area contributed by atoms with Gasteiger partial charge in [-0.15, -0.1) is 0 Å². The number of furan rings is 1. The van der Waals surface area contributed by atoms with Gasteiger partial charge in [0.25, 0.3) is 0 Å². The van der Waals surface area contributed by atoms with Crippen LogP contribution in [0.2, 0.25) is 0 Å². The number of epoxide rings is 1. The minimum atomic E-state index is -1.39. The first kappa shape index (κ1) is 31.0. The predicted molar refractivity (Wildman–Crippen MR) is 161 cm³/mol. The van der Waals surface area contributed by atoms with Crippen LogP contribution < -0.4 is 0 Å². The first-order valence-electron chi connectivity index (χ1n) is 17.5. The second-order valence-electron chi connectivity index (χ2n) is 16.4. The molecule has 2 N–H and O–H groups in total. The van der Waals surface area contributed by atoms with Gasteiger partial charge in [-0.2, -0.15) is 0 Å². The number of carbonyl (C=O) groups is 3. The summed E-state index contributed by atoms with van der Waals surface area (Å²) in [7, 11) is 0. The molecule has 4 aliphatic heterocycles. The van der Waals surface area contributed by atoms with Crippen molar-refractivity contribution in [3.8, 4) is 0 Å². The predicted octanol–water partition coefficient (Wildman–Crippen LogP) is 4.23. The Labute approximate surface area is 269 Å². The average molecular weight is 641 g/mol. The molecular formula is C36H48O10. The SMILES string of the molecule is CC1(C)O[C@@H]2[C@H]3CC[C@H]4C[C@@]5(C)[C@H](c6ccoc6CCCCCCCCO)OC(=O)[C@H]6O[C@@]65[C@]5(C)[C@H](O)C(=O)[C@H]1[C@]2(COC3=O)[C@@H]45. The molecule has 2 spiro atoms. The molecule has 7 aliphatic rings. The van der Waals surface area contributed by atoms with Gasteiger partial charge in [0, 0.05) is 34.8 Å². The van der Waals surface area contributed by atoms with Gasteiger partial charge in [-0.1, -0.05) is 39.5 Å². The third-order valence-corrected chi connectivity index (χ3v) is 13.8. The molecule has 7 fully saturated rings. The molecule has 5 heterocycles. The van der Waals surface area contributed by atoms with Crippen LogP contribution in [0.25, 0.3) is 0 Å². The maximum absolute atomic E-state index is 14.6. The van der Waals surface area contributed by atoms with Crippen molar-refractivity contribution in [1.82, 2.24) is 0 Å². The molecule has 0 amide bonds. The van der Waals surface area contributed by atoms with Crippen LogP contribution in [0.15, 0.2) is 16.7 Å². The van der Waals surface area contributed by atoms with Crippen LogP contribution in [0.4, 0.5) is 0 Å². The van der Waals surface area contributed by atoms with Crippen molar-refractivity contribution in [1.29, 1.82) is 0 Å². The van der Waals surface area contributed by atoms with Gasteiger partial charge >= 0.3 is 11.9 Å². The average Bonchev–Trinajstić information content (AvgIpc) is 3.58. The third-order valence-electron chi connectivity index (χ3n) is 13.8. The van der Waals surface area contributed by atoms with Gasteiger partial charge in [-0.05, 0) is 63.9 Å². The lowest BCUT2D eigenvalue weighted by molar-refractivity contribution is -0.266. The van der Waals surface area contributed by atoms with Gasteiger partial charge in [-0.3, -0.25) is 9.59 Å². The number of hydrogen-bond donors (Lipinski definition) is 2. The molecule has 10 nitrogen and oxygen atoms in total. The summed E-state index contributed by atoms with van der Waals surface area (Å²) in [6, 6.07) is 1.90. The summed E-state index contributed by atoms with van der Waals surface area (Å²) in [4.78, 5) is 41.6. The van der Waals surface area contributed by atoms with E-state index in [1.54, 1.807) is 6.26 Å². The van der Waals surface area contributed by atoms with Gasteiger partial charge in [0.05, 0.1) is 29.8 Å². The molecule has 0 radical (unpaired) electrons. The molecule has 3 aliphatic carbocycles. The van der Waals surface area contributed by atoms with Crippen LogP contribution in [0.3, 0.4) is 0 Å². The van der Waals surface area contributed by atoms with Gasteiger partial charge in [-0.25, -0.2) is 4.79 Å². The second-order valence-corrected chi connectivity index (χ2v) is 16.4. The van der Waals surface area contributed by atoms with Gasteiger partial charge < -0.3 is 33.6 Å². The number of carbonyl (C=O) groups excluding carboxylic acids is 3. The van der Waals surface area contributed by atoms with E-state index in [9.17, 15) is 19.5 Å². The van der Waals surface area contributed by atoms with Gasteiger partial charge in [0.15, 0.2) is 11.9 Å². The highest BCUT2D eigenvalue weighted by molar-refractivity contribution is 5.92. The Morgan fingerprint density at radius 3 is 2.41 bits per heavy atom. The lowest BCUT2D eigenvalue weighted by Gasteiger charge is -2.68. The maximum Gasteiger partial charge on any atom is 0.339 e. The Morgan fingerprint density at radius 1 is 0.913 bits per heavy atom. The first-order valence-corrected chi connectivity index (χ1v) is 17.5. The molecule has 8 rings (SSSR count). The van der Waals surface area contributed by atoms with E-state index >= 15 is 0 Å². The summed E-state index contributed by atoms with van der Waals surface area (Å²) >= 11 is 0. The molecule has 0 aromatic carbocycles. The second kappa shape index (κ2) is 10.1. The Bertz CT molecular complexity index is 1450. The van der Waals surface area contributed by atoms with Crippen LogP contribution >= 0.6 is 0 Å². The molecule has 10 heteroatoms. The minimum Gasteiger partial charge on any atom is -0.469 e. The zero-order valence-corrected chi connectivity index (χ0v) is 27.4. The van der Waals surface area contributed by atoms with Crippen LogP contribution in [-0.4, -0.2) is 70.7 Å². The number of Topliss-reactive ketones (excluding diaryl/α,β-unsaturated/α-hetero) is 1. The fraction of sp³-hybridized carbons (Fsp3) is 0.806. The van der Waals surface area contributed by atoms with E-state index < -0.39 is 69.7 Å². The van der Waals surface area contributed by atoms with Crippen molar-refractivity contribution in [3.05, 3.63) is 23.7 Å². The quantitative estimate of drug-likeness (QED) is 0.229. The van der Waals surface area contributed by atoms with Crippen molar-refractivity contribution in [2.75, 3.05) is 13.2 Å². The Kier molecular flexibility index (Phi) is 6.83. The zero-order chi connectivity index (χ0) is 32.4. The first-order chi connectivity index (χ1) is 21.9. The fourth-order valence-corrected chi connectivity index (χ4v) is 12.4. The normalized spacial score (nSPS) is 47.7. The molecule has 12 atom stereocenters. The molecule has 4 saturated heterocycles. The molecular weight excluding hydrogens is 592 g/mol. The molecule has 2 bridgehead atoms. The number of unbranched alkanes of at least 4 members (excludes halogenated alkanes) is 5. The van der Waals surface area contributed by atoms with E-state index in [1.165, 1.54) is 0 Å². The van der Waals surface area contributed by atoms with E-state index in [0.717, 1.165) is 49.8 Å². The summed E-state index contributed by atoms with van der Waals surface area (Å²) in [5, 5.41) is 21.4. The molecule has 1 aromatic heterocycles. The van der Waals surface area contributed by atoms with Crippen LogP contribution in [0.1, 0.15) is 103 Å². The van der Waals surface area contributed by atoms with Crippen molar-refractivity contribution in [2.45, 2.75) is 128 Å². The summed E-state index contributed by atoms with van der Waals surface area (Å²) in [5.74, 6) is -1.68. The number of esters is 2. The fourth-order valence-electron chi connectivity index (χ4n) is 12.4. The smallest absolute Gasteiger partial charge is 0.339 e. The molecule has 46 heavy (non-hydrogen) atoms. The highest BCUT2D eigenvalue weighted by Crippen LogP contribution is 2.82. The number of cyclic esters (lactones) is 2. The number of aliphatic hydroxyl groups excluding tert-OH is 2. The number of aryl methyl sites for hydroxylation is 1. The van der Waals surface area contributed by atoms with E-state index in [1.807, 2.05) is 26.8 Å². The summed E-state index contributed by atoms with van der Waals surface area (Å²) < 4.78 is 31.6. The molecule has 0 unspecified atom stereocenters. The van der Waals surface area contributed by atoms with Crippen molar-refractivity contribution >= 4 is 17.7 Å². The Hall–Kier alpha value is -2.27. The van der Waals surface area contributed by atoms with Crippen molar-refractivity contribution in [2.24, 2.45) is 39.9 Å². The lowest BCUT2D eigenvalue weighted by atomic mass is 9.34. The van der Waals surface area contributed by atoms with E-state index in [-0.39, 0.29) is 36.8 Å². The number of rotatable bonds is 9. The lowest BCUT2D eigenvalue weighted by Crippen LogP contribution is -2.77.